The minimum Gasteiger partial charge on any atom is -0.330 e. The topological polar surface area (TPSA) is 15.6 Å². The second-order valence-corrected chi connectivity index (χ2v) is 4.06. The molecule has 0 atom stereocenters. The Bertz CT molecular complexity index is 579. The van der Waals surface area contributed by atoms with Gasteiger partial charge in [0, 0.05) is 11.9 Å². The molecule has 0 amide bonds. The molecule has 0 unspecified atom stereocenters. The second kappa shape index (κ2) is 3.34. The van der Waals surface area contributed by atoms with Gasteiger partial charge in [0.25, 0.3) is 0 Å². The molecule has 0 N–H and O–H groups in total. The van der Waals surface area contributed by atoms with Gasteiger partial charge in [0.1, 0.15) is 5.84 Å². The zero-order chi connectivity index (χ0) is 11.1. The van der Waals surface area contributed by atoms with Gasteiger partial charge >= 0.3 is 0 Å². The molecular formula is C14H14N2. The molecule has 1 heterocycles. The highest BCUT2D eigenvalue weighted by atomic mass is 15.2. The molecule has 2 aromatic carbocycles. The van der Waals surface area contributed by atoms with Crippen molar-refractivity contribution in [1.29, 1.82) is 0 Å². The predicted octanol–water partition coefficient (Wildman–Crippen LogP) is 3.73. The lowest BCUT2D eigenvalue weighted by molar-refractivity contribution is 1.05. The average molecular weight is 210 g/mol. The van der Waals surface area contributed by atoms with Gasteiger partial charge < -0.3 is 4.90 Å². The summed E-state index contributed by atoms with van der Waals surface area (Å²) in [5.41, 5.74) is 2.37. The van der Waals surface area contributed by atoms with Gasteiger partial charge in [-0.3, -0.25) is 0 Å². The molecule has 2 nitrogen and oxygen atoms in total. The van der Waals surface area contributed by atoms with Gasteiger partial charge in [0.2, 0.25) is 0 Å². The third-order valence-electron chi connectivity index (χ3n) is 3.14. The summed E-state index contributed by atoms with van der Waals surface area (Å²) in [6.07, 6.45) is 0. The van der Waals surface area contributed by atoms with Crippen molar-refractivity contribution in [3.05, 3.63) is 36.4 Å². The number of rotatable bonds is 1. The maximum atomic E-state index is 4.66. The molecule has 1 aliphatic rings. The molecule has 0 saturated carbocycles. The van der Waals surface area contributed by atoms with Crippen molar-refractivity contribution in [2.45, 2.75) is 13.8 Å². The van der Waals surface area contributed by atoms with Crippen LogP contribution < -0.4 is 4.90 Å². The molecule has 0 fully saturated rings. The van der Waals surface area contributed by atoms with Crippen LogP contribution >= 0.6 is 0 Å². The molecule has 80 valence electrons. The molecule has 16 heavy (non-hydrogen) atoms. The van der Waals surface area contributed by atoms with Crippen molar-refractivity contribution in [2.24, 2.45) is 4.99 Å². The average Bonchev–Trinajstić information content (AvgIpc) is 2.30. The lowest BCUT2D eigenvalue weighted by Crippen LogP contribution is -2.29. The highest BCUT2D eigenvalue weighted by Crippen LogP contribution is 2.38. The van der Waals surface area contributed by atoms with Gasteiger partial charge in [-0.2, -0.15) is 0 Å². The van der Waals surface area contributed by atoms with Crippen LogP contribution in [0.25, 0.3) is 10.8 Å². The zero-order valence-corrected chi connectivity index (χ0v) is 9.57. The third-order valence-corrected chi connectivity index (χ3v) is 3.14. The first-order chi connectivity index (χ1) is 7.81. The second-order valence-electron chi connectivity index (χ2n) is 4.06. The van der Waals surface area contributed by atoms with Crippen LogP contribution in [0.3, 0.4) is 0 Å². The number of hydrogen-bond acceptors (Lipinski definition) is 2. The summed E-state index contributed by atoms with van der Waals surface area (Å²) in [5, 5.41) is 2.54. The first kappa shape index (κ1) is 9.40. The summed E-state index contributed by atoms with van der Waals surface area (Å²) in [6, 6.07) is 12.7. The third kappa shape index (κ3) is 1.16. The van der Waals surface area contributed by atoms with Gasteiger partial charge in [0.15, 0.2) is 0 Å². The van der Waals surface area contributed by atoms with Crippen molar-refractivity contribution in [3.63, 3.8) is 0 Å². The molecule has 1 aliphatic heterocycles. The van der Waals surface area contributed by atoms with Crippen molar-refractivity contribution >= 4 is 28.0 Å². The summed E-state index contributed by atoms with van der Waals surface area (Å²) >= 11 is 0. The van der Waals surface area contributed by atoms with Crippen molar-refractivity contribution in [3.8, 4) is 0 Å². The van der Waals surface area contributed by atoms with E-state index in [1.807, 2.05) is 0 Å². The maximum Gasteiger partial charge on any atom is 0.106 e. The van der Waals surface area contributed by atoms with Crippen LogP contribution in [0.5, 0.6) is 0 Å². The van der Waals surface area contributed by atoms with Gasteiger partial charge in [-0.05, 0) is 31.4 Å². The van der Waals surface area contributed by atoms with Gasteiger partial charge in [0.05, 0.1) is 11.4 Å². The number of anilines is 1. The Balaban J connectivity index is 2.42. The van der Waals surface area contributed by atoms with E-state index in [4.69, 9.17) is 0 Å². The molecule has 2 heteroatoms. The molecule has 2 aromatic rings. The Morgan fingerprint density at radius 3 is 2.62 bits per heavy atom. The molecule has 0 aliphatic carbocycles. The molecule has 0 radical (unpaired) electrons. The first-order valence-electron chi connectivity index (χ1n) is 5.66. The highest BCUT2D eigenvalue weighted by molar-refractivity contribution is 6.14. The van der Waals surface area contributed by atoms with Crippen LogP contribution in [0, 0.1) is 0 Å². The van der Waals surface area contributed by atoms with E-state index in [9.17, 15) is 0 Å². The zero-order valence-electron chi connectivity index (χ0n) is 9.57. The number of hydrogen-bond donors (Lipinski definition) is 0. The summed E-state index contributed by atoms with van der Waals surface area (Å²) in [5.74, 6) is 1.08. The fourth-order valence-corrected chi connectivity index (χ4v) is 2.43. The Labute approximate surface area is 95.2 Å². The largest absolute Gasteiger partial charge is 0.330 e. The first-order valence-corrected chi connectivity index (χ1v) is 5.66. The van der Waals surface area contributed by atoms with Crippen molar-refractivity contribution in [2.75, 3.05) is 11.4 Å². The van der Waals surface area contributed by atoms with Crippen molar-refractivity contribution in [1.82, 2.24) is 0 Å². The van der Waals surface area contributed by atoms with Crippen LogP contribution in [0.1, 0.15) is 13.8 Å². The fraction of sp³-hybridized carbons (Fsp3) is 0.214. The molecule has 3 rings (SSSR count). The van der Waals surface area contributed by atoms with Gasteiger partial charge in [-0.25, -0.2) is 4.99 Å². The van der Waals surface area contributed by atoms with E-state index in [0.29, 0.717) is 0 Å². The Morgan fingerprint density at radius 2 is 1.88 bits per heavy atom. The predicted molar refractivity (Wildman–Crippen MR) is 69.7 cm³/mol. The van der Waals surface area contributed by atoms with Crippen LogP contribution in [0.2, 0.25) is 0 Å². The van der Waals surface area contributed by atoms with E-state index >= 15 is 0 Å². The van der Waals surface area contributed by atoms with E-state index in [0.717, 1.165) is 18.1 Å². The minimum atomic E-state index is 0.961. The lowest BCUT2D eigenvalue weighted by Gasteiger charge is -2.28. The molecule has 0 spiro atoms. The Morgan fingerprint density at radius 1 is 1.12 bits per heavy atom. The lowest BCUT2D eigenvalue weighted by atomic mass is 10.0. The van der Waals surface area contributed by atoms with Crippen LogP contribution in [0.15, 0.2) is 41.4 Å². The molecule has 0 aromatic heterocycles. The summed E-state index contributed by atoms with van der Waals surface area (Å²) in [6.45, 7) is 5.19. The number of aliphatic imine (C=N–C) groups is 1. The van der Waals surface area contributed by atoms with E-state index in [-0.39, 0.29) is 0 Å². The Hall–Kier alpha value is -1.83. The fourth-order valence-electron chi connectivity index (χ4n) is 2.43. The maximum absolute atomic E-state index is 4.66. The summed E-state index contributed by atoms with van der Waals surface area (Å²) in [4.78, 5) is 6.92. The van der Waals surface area contributed by atoms with Gasteiger partial charge in [-0.1, -0.05) is 24.3 Å². The normalized spacial score (nSPS) is 14.1. The quantitative estimate of drug-likeness (QED) is 0.700. The standard InChI is InChI=1S/C14H14N2/c1-3-16-10(2)15-12-8-4-6-11-7-5-9-13(16)14(11)12/h4-9H,3H2,1-2H3. The van der Waals surface area contributed by atoms with Crippen LogP contribution in [0.4, 0.5) is 11.4 Å². The minimum absolute atomic E-state index is 0.961. The van der Waals surface area contributed by atoms with Crippen molar-refractivity contribution < 1.29 is 0 Å². The summed E-state index contributed by atoms with van der Waals surface area (Å²) < 4.78 is 0. The molecule has 0 saturated heterocycles. The Kier molecular flexibility index (Phi) is 1.96. The highest BCUT2D eigenvalue weighted by Gasteiger charge is 2.17. The van der Waals surface area contributed by atoms with E-state index in [1.165, 1.54) is 16.5 Å². The summed E-state index contributed by atoms with van der Waals surface area (Å²) in [7, 11) is 0. The van der Waals surface area contributed by atoms with E-state index in [2.05, 4.69) is 60.1 Å². The number of amidine groups is 1. The van der Waals surface area contributed by atoms with E-state index in [1.54, 1.807) is 0 Å². The number of nitrogens with zero attached hydrogens (tertiary/aromatic N) is 2. The SMILES string of the molecule is CCN1C(C)=Nc2cccc3cccc1c23. The monoisotopic (exact) mass is 210 g/mol. The smallest absolute Gasteiger partial charge is 0.106 e. The number of benzene rings is 2. The molecular weight excluding hydrogens is 196 g/mol. The van der Waals surface area contributed by atoms with E-state index < -0.39 is 0 Å². The van der Waals surface area contributed by atoms with Crippen LogP contribution in [-0.2, 0) is 0 Å². The van der Waals surface area contributed by atoms with Gasteiger partial charge in [-0.15, -0.1) is 0 Å². The molecule has 0 bridgehead atoms. The van der Waals surface area contributed by atoms with Crippen LogP contribution in [-0.4, -0.2) is 12.4 Å².